The number of hydrogen-bond donors (Lipinski definition) is 2. The van der Waals surface area contributed by atoms with Crippen LogP contribution < -0.4 is 15.4 Å². The van der Waals surface area contributed by atoms with E-state index >= 15 is 0 Å². The molecule has 1 aliphatic heterocycles. The maximum atomic E-state index is 12.7. The van der Waals surface area contributed by atoms with Gasteiger partial charge in [-0.15, -0.1) is 13.2 Å². The zero-order valence-corrected chi connectivity index (χ0v) is 16.8. The van der Waals surface area contributed by atoms with E-state index in [1.165, 1.54) is 22.4 Å². The summed E-state index contributed by atoms with van der Waals surface area (Å²) in [5, 5.41) is 10.4. The summed E-state index contributed by atoms with van der Waals surface area (Å²) < 4.78 is 43.6. The second kappa shape index (κ2) is 8.43. The highest BCUT2D eigenvalue weighted by Gasteiger charge is 2.32. The van der Waals surface area contributed by atoms with E-state index in [9.17, 15) is 18.0 Å². The molecule has 162 valence electrons. The van der Waals surface area contributed by atoms with Gasteiger partial charge in [0.1, 0.15) is 5.75 Å². The van der Waals surface area contributed by atoms with E-state index in [1.54, 1.807) is 31.2 Å². The maximum absolute atomic E-state index is 12.7. The summed E-state index contributed by atoms with van der Waals surface area (Å²) in [6.07, 6.45) is -3.91. The minimum atomic E-state index is -4.78. The van der Waals surface area contributed by atoms with E-state index in [1.807, 2.05) is 12.1 Å². The molecule has 0 saturated heterocycles. The topological polar surface area (TPSA) is 68.2 Å². The quantitative estimate of drug-likeness (QED) is 0.641. The van der Waals surface area contributed by atoms with Gasteiger partial charge in [0.2, 0.25) is 0 Å². The Morgan fingerprint density at radius 1 is 1.19 bits per heavy atom. The standard InChI is InChI=1S/C22H21F3N4O2/c1-14-10-20(27-21(30)16-6-7-17-12-26-9-8-15(17)11-16)28-29(14)13-18-4-2-3-5-19(18)31-22(23,24)25/h2-7,10-11,26H,8-9,12-13H2,1H3,(H,27,28,30). The molecule has 2 N–H and O–H groups in total. The zero-order valence-electron chi connectivity index (χ0n) is 16.8. The third kappa shape index (κ3) is 5.05. The van der Waals surface area contributed by atoms with Crippen molar-refractivity contribution in [3.8, 4) is 5.75 Å². The first kappa shape index (κ1) is 20.9. The predicted molar refractivity (Wildman–Crippen MR) is 109 cm³/mol. The predicted octanol–water partition coefficient (Wildman–Crippen LogP) is 4.04. The lowest BCUT2D eigenvalue weighted by Gasteiger charge is -2.17. The first-order chi connectivity index (χ1) is 14.8. The normalized spacial score (nSPS) is 13.5. The molecule has 0 fully saturated rings. The van der Waals surface area contributed by atoms with Gasteiger partial charge in [-0.25, -0.2) is 0 Å². The fraction of sp³-hybridized carbons (Fsp3) is 0.273. The molecule has 0 saturated carbocycles. The van der Waals surface area contributed by atoms with Crippen LogP contribution in [0.25, 0.3) is 0 Å². The number of anilines is 1. The lowest BCUT2D eigenvalue weighted by Crippen LogP contribution is -2.24. The largest absolute Gasteiger partial charge is 0.573 e. The fourth-order valence-electron chi connectivity index (χ4n) is 3.56. The van der Waals surface area contributed by atoms with Gasteiger partial charge in [0.05, 0.1) is 6.54 Å². The minimum absolute atomic E-state index is 0.0692. The number of carbonyl (C=O) groups excluding carboxylic acids is 1. The monoisotopic (exact) mass is 430 g/mol. The average Bonchev–Trinajstić information content (AvgIpc) is 3.06. The van der Waals surface area contributed by atoms with E-state index in [0.29, 0.717) is 22.6 Å². The van der Waals surface area contributed by atoms with Crippen molar-refractivity contribution in [2.45, 2.75) is 32.8 Å². The number of para-hydroxylation sites is 1. The molecule has 31 heavy (non-hydrogen) atoms. The Balaban J connectivity index is 1.49. The summed E-state index contributed by atoms with van der Waals surface area (Å²) >= 11 is 0. The molecular weight excluding hydrogens is 409 g/mol. The van der Waals surface area contributed by atoms with Crippen molar-refractivity contribution in [2.75, 3.05) is 11.9 Å². The molecule has 1 aliphatic rings. The second-order valence-electron chi connectivity index (χ2n) is 7.35. The molecule has 4 rings (SSSR count). The van der Waals surface area contributed by atoms with Crippen molar-refractivity contribution < 1.29 is 22.7 Å². The van der Waals surface area contributed by atoms with Crippen molar-refractivity contribution in [1.82, 2.24) is 15.1 Å². The molecule has 1 aromatic heterocycles. The van der Waals surface area contributed by atoms with Crippen molar-refractivity contribution in [3.63, 3.8) is 0 Å². The third-order valence-electron chi connectivity index (χ3n) is 5.10. The Morgan fingerprint density at radius 2 is 2.00 bits per heavy atom. The number of carbonyl (C=O) groups is 1. The van der Waals surface area contributed by atoms with Crippen molar-refractivity contribution in [3.05, 3.63) is 76.5 Å². The average molecular weight is 430 g/mol. The molecule has 0 aliphatic carbocycles. The number of nitrogens with one attached hydrogen (secondary N) is 2. The Hall–Kier alpha value is -3.33. The van der Waals surface area contributed by atoms with Crippen molar-refractivity contribution in [1.29, 1.82) is 0 Å². The number of aryl methyl sites for hydroxylation is 1. The van der Waals surface area contributed by atoms with Crippen LogP contribution in [0.15, 0.2) is 48.5 Å². The number of ether oxygens (including phenoxy) is 1. The van der Waals surface area contributed by atoms with E-state index in [4.69, 9.17) is 0 Å². The highest BCUT2D eigenvalue weighted by molar-refractivity contribution is 6.04. The summed E-state index contributed by atoms with van der Waals surface area (Å²) in [4.78, 5) is 12.7. The molecule has 0 bridgehead atoms. The van der Waals surface area contributed by atoms with Crippen LogP contribution in [0.5, 0.6) is 5.75 Å². The van der Waals surface area contributed by atoms with Crippen LogP contribution in [0.1, 0.15) is 32.7 Å². The number of benzene rings is 2. The van der Waals surface area contributed by atoms with Gasteiger partial charge in [-0.05, 0) is 49.2 Å². The van der Waals surface area contributed by atoms with E-state index < -0.39 is 6.36 Å². The minimum Gasteiger partial charge on any atom is -0.405 e. The Labute approximate surface area is 177 Å². The van der Waals surface area contributed by atoms with Crippen molar-refractivity contribution >= 4 is 11.7 Å². The molecular formula is C22H21F3N4O2. The van der Waals surface area contributed by atoms with E-state index in [2.05, 4.69) is 20.5 Å². The first-order valence-electron chi connectivity index (χ1n) is 9.80. The Bertz CT molecular complexity index is 1110. The molecule has 9 heteroatoms. The summed E-state index contributed by atoms with van der Waals surface area (Å²) in [7, 11) is 0. The molecule has 6 nitrogen and oxygen atoms in total. The van der Waals surface area contributed by atoms with Gasteiger partial charge in [-0.3, -0.25) is 9.48 Å². The third-order valence-corrected chi connectivity index (χ3v) is 5.10. The lowest BCUT2D eigenvalue weighted by atomic mass is 9.98. The smallest absolute Gasteiger partial charge is 0.405 e. The summed E-state index contributed by atoms with van der Waals surface area (Å²) in [6, 6.07) is 13.2. The van der Waals surface area contributed by atoms with Crippen LogP contribution in [0.2, 0.25) is 0 Å². The van der Waals surface area contributed by atoms with Crippen LogP contribution >= 0.6 is 0 Å². The molecule has 0 radical (unpaired) electrons. The fourth-order valence-corrected chi connectivity index (χ4v) is 3.56. The number of fused-ring (bicyclic) bond motifs is 1. The highest BCUT2D eigenvalue weighted by Crippen LogP contribution is 2.27. The Kier molecular flexibility index (Phi) is 5.69. The molecule has 1 amide bonds. The van der Waals surface area contributed by atoms with E-state index in [-0.39, 0.29) is 18.2 Å². The molecule has 2 heterocycles. The molecule has 0 spiro atoms. The van der Waals surface area contributed by atoms with Crippen LogP contribution in [0.4, 0.5) is 19.0 Å². The summed E-state index contributed by atoms with van der Waals surface area (Å²) in [5.41, 5.74) is 3.88. The van der Waals surface area contributed by atoms with Crippen LogP contribution in [-0.4, -0.2) is 28.6 Å². The van der Waals surface area contributed by atoms with Gasteiger partial charge in [0.25, 0.3) is 5.91 Å². The van der Waals surface area contributed by atoms with Crippen molar-refractivity contribution in [2.24, 2.45) is 0 Å². The van der Waals surface area contributed by atoms with E-state index in [0.717, 1.165) is 25.1 Å². The molecule has 3 aromatic rings. The molecule has 0 atom stereocenters. The van der Waals surface area contributed by atoms with Crippen LogP contribution in [0, 0.1) is 6.92 Å². The van der Waals surface area contributed by atoms with Gasteiger partial charge in [-0.2, -0.15) is 5.10 Å². The van der Waals surface area contributed by atoms with Gasteiger partial charge < -0.3 is 15.4 Å². The van der Waals surface area contributed by atoms with Gasteiger partial charge in [0.15, 0.2) is 5.82 Å². The highest BCUT2D eigenvalue weighted by atomic mass is 19.4. The summed E-state index contributed by atoms with van der Waals surface area (Å²) in [5.74, 6) is -0.234. The number of nitrogens with zero attached hydrogens (tertiary/aromatic N) is 2. The number of rotatable bonds is 5. The van der Waals surface area contributed by atoms with Crippen LogP contribution in [-0.2, 0) is 19.5 Å². The van der Waals surface area contributed by atoms with Crippen LogP contribution in [0.3, 0.4) is 0 Å². The molecule has 0 unspecified atom stereocenters. The number of hydrogen-bond acceptors (Lipinski definition) is 4. The molecule has 2 aromatic carbocycles. The second-order valence-corrected chi connectivity index (χ2v) is 7.35. The summed E-state index contributed by atoms with van der Waals surface area (Å²) in [6.45, 7) is 3.50. The van der Waals surface area contributed by atoms with Gasteiger partial charge in [-0.1, -0.05) is 24.3 Å². The van der Waals surface area contributed by atoms with Gasteiger partial charge in [0, 0.05) is 29.4 Å². The zero-order chi connectivity index (χ0) is 22.0. The number of aromatic nitrogens is 2. The number of alkyl halides is 3. The maximum Gasteiger partial charge on any atom is 0.573 e. The lowest BCUT2D eigenvalue weighted by molar-refractivity contribution is -0.274. The first-order valence-corrected chi connectivity index (χ1v) is 9.80. The number of amides is 1. The SMILES string of the molecule is Cc1cc(NC(=O)c2ccc3c(c2)CCNC3)nn1Cc1ccccc1OC(F)(F)F. The Morgan fingerprint density at radius 3 is 2.81 bits per heavy atom. The van der Waals surface area contributed by atoms with Gasteiger partial charge >= 0.3 is 6.36 Å². The number of halogens is 3.